The number of carbonyl (C=O) groups is 1. The predicted molar refractivity (Wildman–Crippen MR) is 105 cm³/mol. The third kappa shape index (κ3) is 4.11. The van der Waals surface area contributed by atoms with E-state index in [2.05, 4.69) is 10.1 Å². The smallest absolute Gasteiger partial charge is 0.249 e. The summed E-state index contributed by atoms with van der Waals surface area (Å²) in [5, 5.41) is 4.04. The Morgan fingerprint density at radius 2 is 2.11 bits per heavy atom. The van der Waals surface area contributed by atoms with Gasteiger partial charge in [0.25, 0.3) is 0 Å². The number of likely N-dealkylation sites (tertiary alicyclic amines) is 1. The van der Waals surface area contributed by atoms with Gasteiger partial charge < -0.3 is 18.9 Å². The Balaban J connectivity index is 1.32. The Kier molecular flexibility index (Phi) is 5.75. The van der Waals surface area contributed by atoms with E-state index in [0.717, 1.165) is 35.8 Å². The van der Waals surface area contributed by atoms with E-state index in [4.69, 9.17) is 14.0 Å². The van der Waals surface area contributed by atoms with Gasteiger partial charge in [-0.05, 0) is 31.0 Å². The molecule has 3 heterocycles. The fourth-order valence-corrected chi connectivity index (χ4v) is 4.32. The second kappa shape index (κ2) is 8.43. The summed E-state index contributed by atoms with van der Waals surface area (Å²) in [4.78, 5) is 20.2. The first-order valence-electron chi connectivity index (χ1n) is 9.77. The van der Waals surface area contributed by atoms with Gasteiger partial charge in [0, 0.05) is 29.5 Å². The van der Waals surface area contributed by atoms with Gasteiger partial charge in [0.2, 0.25) is 11.8 Å². The van der Waals surface area contributed by atoms with Crippen molar-refractivity contribution >= 4 is 17.7 Å². The van der Waals surface area contributed by atoms with Crippen LogP contribution in [0.1, 0.15) is 56.8 Å². The number of hydrogen-bond donors (Lipinski definition) is 0. The van der Waals surface area contributed by atoms with E-state index < -0.39 is 0 Å². The maximum Gasteiger partial charge on any atom is 0.249 e. The minimum atomic E-state index is -0.0909. The van der Waals surface area contributed by atoms with Crippen LogP contribution in [0.3, 0.4) is 0 Å². The van der Waals surface area contributed by atoms with Gasteiger partial charge in [0.1, 0.15) is 19.3 Å². The van der Waals surface area contributed by atoms with Gasteiger partial charge in [-0.3, -0.25) is 4.79 Å². The maximum atomic E-state index is 12.8. The van der Waals surface area contributed by atoms with E-state index in [1.807, 2.05) is 36.9 Å². The number of fused-ring (bicyclic) bond motifs is 1. The molecule has 4 rings (SSSR count). The van der Waals surface area contributed by atoms with E-state index in [9.17, 15) is 4.79 Å². The molecule has 0 spiro atoms. The number of benzene rings is 1. The van der Waals surface area contributed by atoms with Crippen LogP contribution < -0.4 is 9.47 Å². The topological polar surface area (TPSA) is 77.7 Å². The molecule has 0 N–H and O–H groups in total. The molecule has 1 saturated heterocycles. The van der Waals surface area contributed by atoms with Crippen molar-refractivity contribution in [2.45, 2.75) is 50.0 Å². The quantitative estimate of drug-likeness (QED) is 0.679. The molecule has 1 amide bonds. The highest BCUT2D eigenvalue weighted by Gasteiger charge is 2.33. The summed E-state index contributed by atoms with van der Waals surface area (Å²) in [7, 11) is 0. The van der Waals surface area contributed by atoms with Gasteiger partial charge in [0.05, 0.1) is 0 Å². The summed E-state index contributed by atoms with van der Waals surface area (Å²) < 4.78 is 16.6. The average molecular weight is 404 g/mol. The lowest BCUT2D eigenvalue weighted by molar-refractivity contribution is -0.132. The average Bonchev–Trinajstić information content (AvgIpc) is 3.37. The largest absolute Gasteiger partial charge is 0.486 e. The highest BCUT2D eigenvalue weighted by Crippen LogP contribution is 2.35. The molecule has 150 valence electrons. The summed E-state index contributed by atoms with van der Waals surface area (Å²) in [5.74, 6) is 3.88. The van der Waals surface area contributed by atoms with E-state index in [1.54, 1.807) is 11.8 Å². The Bertz CT molecular complexity index is 839. The number of amides is 1. The highest BCUT2D eigenvalue weighted by atomic mass is 32.2. The van der Waals surface area contributed by atoms with Gasteiger partial charge in [-0.2, -0.15) is 4.98 Å². The van der Waals surface area contributed by atoms with Crippen molar-refractivity contribution in [3.05, 3.63) is 29.9 Å². The summed E-state index contributed by atoms with van der Waals surface area (Å²) in [6.45, 7) is 5.97. The van der Waals surface area contributed by atoms with Crippen molar-refractivity contribution in [1.82, 2.24) is 15.0 Å². The summed E-state index contributed by atoms with van der Waals surface area (Å²) >= 11 is 1.65. The fourth-order valence-electron chi connectivity index (χ4n) is 3.45. The lowest BCUT2D eigenvalue weighted by Crippen LogP contribution is -2.31. The maximum absolute atomic E-state index is 12.8. The van der Waals surface area contributed by atoms with Crippen molar-refractivity contribution < 1.29 is 18.8 Å². The molecule has 8 heteroatoms. The van der Waals surface area contributed by atoms with Gasteiger partial charge in [0.15, 0.2) is 17.3 Å². The molecular weight excluding hydrogens is 378 g/mol. The normalized spacial score (nSPS) is 18.7. The standard InChI is InChI=1S/C20H25N3O4S/c1-13(2)19-21-20(27-22-19)15-4-3-8-23(15)18(24)7-11-28-14-5-6-16-17(12-14)26-10-9-25-16/h5-6,12-13,15H,3-4,7-11H2,1-2H3/t15-/m0/s1. The molecule has 1 fully saturated rings. The molecule has 0 bridgehead atoms. The van der Waals surface area contributed by atoms with E-state index in [1.165, 1.54) is 0 Å². The number of rotatable bonds is 6. The van der Waals surface area contributed by atoms with Gasteiger partial charge in [-0.25, -0.2) is 0 Å². The Morgan fingerprint density at radius 1 is 1.29 bits per heavy atom. The molecule has 0 saturated carbocycles. The second-order valence-electron chi connectivity index (χ2n) is 7.29. The van der Waals surface area contributed by atoms with Crippen LogP contribution in [0.25, 0.3) is 0 Å². The first kappa shape index (κ1) is 19.1. The van der Waals surface area contributed by atoms with Crippen molar-refractivity contribution in [3.8, 4) is 11.5 Å². The molecule has 2 aliphatic heterocycles. The van der Waals surface area contributed by atoms with Crippen LogP contribution in [-0.2, 0) is 4.79 Å². The first-order chi connectivity index (χ1) is 13.6. The summed E-state index contributed by atoms with van der Waals surface area (Å²) in [6, 6.07) is 5.82. The zero-order valence-electron chi connectivity index (χ0n) is 16.2. The van der Waals surface area contributed by atoms with Crippen LogP contribution in [0.15, 0.2) is 27.6 Å². The number of thioether (sulfide) groups is 1. The molecule has 0 unspecified atom stereocenters. The molecule has 0 radical (unpaired) electrons. The fraction of sp³-hybridized carbons (Fsp3) is 0.550. The van der Waals surface area contributed by atoms with Crippen LogP contribution in [0.5, 0.6) is 11.5 Å². The molecule has 2 aliphatic rings. The number of aromatic nitrogens is 2. The highest BCUT2D eigenvalue weighted by molar-refractivity contribution is 7.99. The van der Waals surface area contributed by atoms with Crippen molar-refractivity contribution in [3.63, 3.8) is 0 Å². The van der Waals surface area contributed by atoms with Crippen LogP contribution >= 0.6 is 11.8 Å². The lowest BCUT2D eigenvalue weighted by atomic mass is 10.2. The Morgan fingerprint density at radius 3 is 2.89 bits per heavy atom. The number of ether oxygens (including phenoxy) is 2. The molecule has 2 aromatic rings. The minimum Gasteiger partial charge on any atom is -0.486 e. The van der Waals surface area contributed by atoms with Crippen molar-refractivity contribution in [1.29, 1.82) is 0 Å². The van der Waals surface area contributed by atoms with Crippen LogP contribution in [0, 0.1) is 0 Å². The zero-order chi connectivity index (χ0) is 19.5. The van der Waals surface area contributed by atoms with Crippen molar-refractivity contribution in [2.24, 2.45) is 0 Å². The SMILES string of the molecule is CC(C)c1noc([C@@H]2CCCN2C(=O)CCSc2ccc3c(c2)OCCO3)n1. The molecule has 1 aromatic carbocycles. The zero-order valence-corrected chi connectivity index (χ0v) is 17.0. The van der Waals surface area contributed by atoms with Crippen LogP contribution in [0.4, 0.5) is 0 Å². The van der Waals surface area contributed by atoms with Gasteiger partial charge >= 0.3 is 0 Å². The van der Waals surface area contributed by atoms with Crippen LogP contribution in [0.2, 0.25) is 0 Å². The summed E-state index contributed by atoms with van der Waals surface area (Å²) in [6.07, 6.45) is 2.31. The van der Waals surface area contributed by atoms with Gasteiger partial charge in [-0.1, -0.05) is 19.0 Å². The summed E-state index contributed by atoms with van der Waals surface area (Å²) in [5.41, 5.74) is 0. The minimum absolute atomic E-state index is 0.0909. The van der Waals surface area contributed by atoms with E-state index in [0.29, 0.717) is 37.1 Å². The Hall–Kier alpha value is -2.22. The van der Waals surface area contributed by atoms with Crippen LogP contribution in [-0.4, -0.2) is 46.5 Å². The predicted octanol–water partition coefficient (Wildman–Crippen LogP) is 3.81. The third-order valence-electron chi connectivity index (χ3n) is 4.93. The third-order valence-corrected chi connectivity index (χ3v) is 5.93. The number of nitrogens with zero attached hydrogens (tertiary/aromatic N) is 3. The molecule has 0 aliphatic carbocycles. The first-order valence-corrected chi connectivity index (χ1v) is 10.8. The molecule has 7 nitrogen and oxygen atoms in total. The van der Waals surface area contributed by atoms with E-state index in [-0.39, 0.29) is 17.9 Å². The van der Waals surface area contributed by atoms with Gasteiger partial charge in [-0.15, -0.1) is 11.8 Å². The lowest BCUT2D eigenvalue weighted by Gasteiger charge is -2.22. The number of hydrogen-bond acceptors (Lipinski definition) is 7. The Labute approximate surface area is 168 Å². The molecule has 28 heavy (non-hydrogen) atoms. The van der Waals surface area contributed by atoms with Crippen molar-refractivity contribution in [2.75, 3.05) is 25.5 Å². The van der Waals surface area contributed by atoms with E-state index >= 15 is 0 Å². The molecule has 1 atom stereocenters. The molecule has 1 aromatic heterocycles. The molecular formula is C20H25N3O4S. The monoisotopic (exact) mass is 403 g/mol. The second-order valence-corrected chi connectivity index (χ2v) is 8.46. The number of carbonyl (C=O) groups excluding carboxylic acids is 1.